The minimum atomic E-state index is 0.00702. The lowest BCUT2D eigenvalue weighted by Gasteiger charge is -2.32. The van der Waals surface area contributed by atoms with E-state index in [0.29, 0.717) is 48.6 Å². The van der Waals surface area contributed by atoms with Crippen molar-refractivity contribution >= 4 is 16.9 Å². The molecule has 3 aromatic rings. The largest absolute Gasteiger partial charge is 0.490 e. The van der Waals surface area contributed by atoms with Gasteiger partial charge in [-0.3, -0.25) is 4.79 Å². The Morgan fingerprint density at radius 2 is 1.51 bits per heavy atom. The normalized spacial score (nSPS) is 14.4. The lowest BCUT2D eigenvalue weighted by Crippen LogP contribution is -2.39. The number of aryl methyl sites for hydroxylation is 2. The smallest absolute Gasteiger partial charge is 0.254 e. The van der Waals surface area contributed by atoms with Crippen molar-refractivity contribution in [3.63, 3.8) is 0 Å². The van der Waals surface area contributed by atoms with Gasteiger partial charge < -0.3 is 23.7 Å². The standard InChI is InChI=1S/C28H37N3O4/c1-6-33-25-15-22(16-26(34-7-2)27(25)35-8-3)28(32)30-11-9-21(10-12-30)17-31-18-29-23-13-19(4)20(5)14-24(23)31/h13-16,18,21H,6-12,17H2,1-5H3. The van der Waals surface area contributed by atoms with Crippen LogP contribution in [0.5, 0.6) is 17.2 Å². The molecule has 2 heterocycles. The number of nitrogens with zero attached hydrogens (tertiary/aromatic N) is 3. The van der Waals surface area contributed by atoms with Gasteiger partial charge in [0.25, 0.3) is 5.91 Å². The van der Waals surface area contributed by atoms with Crippen molar-refractivity contribution in [3.05, 3.63) is 47.3 Å². The second-order valence-electron chi connectivity index (χ2n) is 9.16. The first-order valence-corrected chi connectivity index (χ1v) is 12.7. The Balaban J connectivity index is 1.46. The maximum Gasteiger partial charge on any atom is 0.254 e. The zero-order valence-electron chi connectivity index (χ0n) is 21.6. The van der Waals surface area contributed by atoms with Gasteiger partial charge in [0.1, 0.15) is 0 Å². The number of piperidine rings is 1. The molecule has 0 saturated carbocycles. The Bertz CT molecular complexity index is 1150. The maximum atomic E-state index is 13.4. The van der Waals surface area contributed by atoms with Gasteiger partial charge in [0.15, 0.2) is 11.5 Å². The molecule has 4 rings (SSSR count). The van der Waals surface area contributed by atoms with E-state index in [4.69, 9.17) is 14.2 Å². The summed E-state index contributed by atoms with van der Waals surface area (Å²) in [4.78, 5) is 20.0. The maximum absolute atomic E-state index is 13.4. The van der Waals surface area contributed by atoms with Crippen molar-refractivity contribution in [1.82, 2.24) is 14.5 Å². The van der Waals surface area contributed by atoms with Crippen LogP contribution in [0.25, 0.3) is 11.0 Å². The SMILES string of the molecule is CCOc1cc(C(=O)N2CCC(Cn3cnc4cc(C)c(C)cc43)CC2)cc(OCC)c1OCC. The highest BCUT2D eigenvalue weighted by atomic mass is 16.5. The third-order valence-electron chi connectivity index (χ3n) is 6.75. The molecule has 7 nitrogen and oxygen atoms in total. The number of carbonyl (C=O) groups is 1. The van der Waals surface area contributed by atoms with Gasteiger partial charge in [-0.1, -0.05) is 0 Å². The minimum absolute atomic E-state index is 0.00702. The lowest BCUT2D eigenvalue weighted by molar-refractivity contribution is 0.0682. The molecule has 0 radical (unpaired) electrons. The average Bonchev–Trinajstić information content (AvgIpc) is 3.22. The van der Waals surface area contributed by atoms with Gasteiger partial charge in [-0.15, -0.1) is 0 Å². The van der Waals surface area contributed by atoms with Crippen molar-refractivity contribution in [3.8, 4) is 17.2 Å². The predicted molar refractivity (Wildman–Crippen MR) is 138 cm³/mol. The number of carbonyl (C=O) groups excluding carboxylic acids is 1. The predicted octanol–water partition coefficient (Wildman–Crippen LogP) is 5.40. The number of imidazole rings is 1. The van der Waals surface area contributed by atoms with E-state index < -0.39 is 0 Å². The van der Waals surface area contributed by atoms with E-state index in [1.165, 1.54) is 16.6 Å². The quantitative estimate of drug-likeness (QED) is 0.411. The molecule has 0 atom stereocenters. The molecule has 7 heteroatoms. The van der Waals surface area contributed by atoms with E-state index >= 15 is 0 Å². The summed E-state index contributed by atoms with van der Waals surface area (Å²) in [6.45, 7) is 13.9. The Morgan fingerprint density at radius 3 is 2.11 bits per heavy atom. The number of hydrogen-bond acceptors (Lipinski definition) is 5. The number of fused-ring (bicyclic) bond motifs is 1. The summed E-state index contributed by atoms with van der Waals surface area (Å²) in [6, 6.07) is 7.96. The molecule has 1 aliphatic rings. The van der Waals surface area contributed by atoms with Gasteiger partial charge in [0.05, 0.1) is 37.2 Å². The lowest BCUT2D eigenvalue weighted by atomic mass is 9.96. The van der Waals surface area contributed by atoms with Gasteiger partial charge in [0, 0.05) is 25.2 Å². The highest BCUT2D eigenvalue weighted by Gasteiger charge is 2.26. The molecule has 1 fully saturated rings. The van der Waals surface area contributed by atoms with Gasteiger partial charge >= 0.3 is 0 Å². The molecule has 0 spiro atoms. The van der Waals surface area contributed by atoms with E-state index in [-0.39, 0.29) is 5.91 Å². The van der Waals surface area contributed by atoms with E-state index in [2.05, 4.69) is 35.5 Å². The second-order valence-corrected chi connectivity index (χ2v) is 9.16. The first kappa shape index (κ1) is 24.9. The van der Waals surface area contributed by atoms with Crippen LogP contribution in [0.2, 0.25) is 0 Å². The van der Waals surface area contributed by atoms with Crippen LogP contribution in [0.15, 0.2) is 30.6 Å². The van der Waals surface area contributed by atoms with Crippen LogP contribution in [-0.4, -0.2) is 53.3 Å². The molecular weight excluding hydrogens is 442 g/mol. The van der Waals surface area contributed by atoms with Crippen LogP contribution in [0.3, 0.4) is 0 Å². The zero-order valence-corrected chi connectivity index (χ0v) is 21.6. The van der Waals surface area contributed by atoms with Crippen molar-refractivity contribution in [2.45, 2.75) is 54.0 Å². The van der Waals surface area contributed by atoms with Crippen molar-refractivity contribution in [2.24, 2.45) is 5.92 Å². The first-order valence-electron chi connectivity index (χ1n) is 12.7. The molecular formula is C28H37N3O4. The number of aromatic nitrogens is 2. The molecule has 0 unspecified atom stereocenters. The fraction of sp³-hybridized carbons (Fsp3) is 0.500. The molecule has 188 valence electrons. The third-order valence-corrected chi connectivity index (χ3v) is 6.75. The Morgan fingerprint density at radius 1 is 0.914 bits per heavy atom. The summed E-state index contributed by atoms with van der Waals surface area (Å²) in [7, 11) is 0. The highest BCUT2D eigenvalue weighted by Crippen LogP contribution is 2.39. The molecule has 35 heavy (non-hydrogen) atoms. The number of ether oxygens (including phenoxy) is 3. The molecule has 1 saturated heterocycles. The number of benzene rings is 2. The van der Waals surface area contributed by atoms with Crippen LogP contribution in [-0.2, 0) is 6.54 Å². The molecule has 2 aromatic carbocycles. The van der Waals surface area contributed by atoms with Crippen molar-refractivity contribution < 1.29 is 19.0 Å². The van der Waals surface area contributed by atoms with E-state index in [9.17, 15) is 4.79 Å². The Kier molecular flexibility index (Phi) is 7.83. The van der Waals surface area contributed by atoms with Gasteiger partial charge in [-0.25, -0.2) is 4.98 Å². The summed E-state index contributed by atoms with van der Waals surface area (Å²) in [5, 5.41) is 0. The van der Waals surface area contributed by atoms with Crippen LogP contribution >= 0.6 is 0 Å². The Labute approximate surface area is 208 Å². The first-order chi connectivity index (χ1) is 16.9. The Hall–Kier alpha value is -3.22. The number of amides is 1. The van der Waals surface area contributed by atoms with Crippen LogP contribution < -0.4 is 14.2 Å². The summed E-state index contributed by atoms with van der Waals surface area (Å²) in [6.07, 6.45) is 3.87. The number of likely N-dealkylation sites (tertiary alicyclic amines) is 1. The number of rotatable bonds is 9. The zero-order chi connectivity index (χ0) is 24.9. The van der Waals surface area contributed by atoms with E-state index in [1.807, 2.05) is 32.0 Å². The molecule has 0 N–H and O–H groups in total. The molecule has 1 aromatic heterocycles. The van der Waals surface area contributed by atoms with E-state index in [0.717, 1.165) is 38.0 Å². The fourth-order valence-electron chi connectivity index (χ4n) is 4.75. The average molecular weight is 480 g/mol. The van der Waals surface area contributed by atoms with Crippen molar-refractivity contribution in [2.75, 3.05) is 32.9 Å². The molecule has 1 aliphatic heterocycles. The molecule has 1 amide bonds. The van der Waals surface area contributed by atoms with E-state index in [1.54, 1.807) is 12.1 Å². The molecule has 0 bridgehead atoms. The molecule has 0 aliphatic carbocycles. The van der Waals surface area contributed by atoms with Gasteiger partial charge in [0.2, 0.25) is 5.75 Å². The van der Waals surface area contributed by atoms with Gasteiger partial charge in [-0.05, 0) is 88.8 Å². The van der Waals surface area contributed by atoms with Crippen LogP contribution in [0, 0.1) is 19.8 Å². The fourth-order valence-corrected chi connectivity index (χ4v) is 4.75. The number of hydrogen-bond donors (Lipinski definition) is 0. The summed E-state index contributed by atoms with van der Waals surface area (Å²) < 4.78 is 19.6. The minimum Gasteiger partial charge on any atom is -0.490 e. The van der Waals surface area contributed by atoms with Crippen LogP contribution in [0.1, 0.15) is 55.1 Å². The monoisotopic (exact) mass is 479 g/mol. The highest BCUT2D eigenvalue weighted by molar-refractivity contribution is 5.95. The van der Waals surface area contributed by atoms with Crippen LogP contribution in [0.4, 0.5) is 0 Å². The third kappa shape index (κ3) is 5.39. The summed E-state index contributed by atoms with van der Waals surface area (Å²) in [5.74, 6) is 2.18. The summed E-state index contributed by atoms with van der Waals surface area (Å²) >= 11 is 0. The van der Waals surface area contributed by atoms with Gasteiger partial charge in [-0.2, -0.15) is 0 Å². The second kappa shape index (κ2) is 11.0. The summed E-state index contributed by atoms with van der Waals surface area (Å²) in [5.41, 5.74) is 5.36. The van der Waals surface area contributed by atoms with Crippen molar-refractivity contribution in [1.29, 1.82) is 0 Å². The topological polar surface area (TPSA) is 65.8 Å².